The number of aryl methyl sites for hydroxylation is 1. The number of terminal acetylenes is 1. The fourth-order valence-corrected chi connectivity index (χ4v) is 3.31. The molecule has 8 heteroatoms. The highest BCUT2D eigenvalue weighted by atomic mass is 32.2. The third-order valence-electron chi connectivity index (χ3n) is 4.39. The summed E-state index contributed by atoms with van der Waals surface area (Å²) in [6.07, 6.45) is 11.0. The van der Waals surface area contributed by atoms with Crippen molar-refractivity contribution < 1.29 is 17.6 Å². The van der Waals surface area contributed by atoms with Crippen molar-refractivity contribution in [1.29, 1.82) is 0 Å². The SMILES string of the molecule is C#Cc1cc(CNC(=O)/C=C/c2cnc(C(C)(C)C)cc2C)cc(F)c1NS(C)(=O)=O. The predicted octanol–water partition coefficient (Wildman–Crippen LogP) is 3.51. The van der Waals surface area contributed by atoms with Crippen LogP contribution < -0.4 is 10.0 Å². The zero-order chi connectivity index (χ0) is 23.4. The van der Waals surface area contributed by atoms with Crippen LogP contribution in [0.5, 0.6) is 0 Å². The smallest absolute Gasteiger partial charge is 0.244 e. The van der Waals surface area contributed by atoms with E-state index in [1.807, 2.05) is 13.0 Å². The number of nitrogens with one attached hydrogen (secondary N) is 2. The number of hydrogen-bond acceptors (Lipinski definition) is 4. The van der Waals surface area contributed by atoms with Crippen molar-refractivity contribution >= 4 is 27.7 Å². The number of halogens is 1. The first kappa shape index (κ1) is 24.1. The fraction of sp³-hybridized carbons (Fsp3) is 0.304. The fourth-order valence-electron chi connectivity index (χ4n) is 2.73. The zero-order valence-corrected chi connectivity index (χ0v) is 19.0. The topological polar surface area (TPSA) is 88.2 Å². The molecule has 2 aromatic rings. The summed E-state index contributed by atoms with van der Waals surface area (Å²) >= 11 is 0. The van der Waals surface area contributed by atoms with Crippen LogP contribution in [0.15, 0.2) is 30.5 Å². The summed E-state index contributed by atoms with van der Waals surface area (Å²) in [5, 5.41) is 2.65. The molecule has 2 N–H and O–H groups in total. The zero-order valence-electron chi connectivity index (χ0n) is 18.2. The summed E-state index contributed by atoms with van der Waals surface area (Å²) in [5.41, 5.74) is 2.88. The molecule has 0 radical (unpaired) electrons. The van der Waals surface area contributed by atoms with Gasteiger partial charge in [0.05, 0.1) is 17.5 Å². The third kappa shape index (κ3) is 6.93. The van der Waals surface area contributed by atoms with Crippen LogP contribution in [-0.2, 0) is 26.8 Å². The van der Waals surface area contributed by atoms with Gasteiger partial charge in [0.2, 0.25) is 15.9 Å². The maximum atomic E-state index is 14.3. The Balaban J connectivity index is 2.09. The maximum Gasteiger partial charge on any atom is 0.244 e. The minimum Gasteiger partial charge on any atom is -0.348 e. The summed E-state index contributed by atoms with van der Waals surface area (Å²) in [7, 11) is -3.69. The Bertz CT molecular complexity index is 1170. The van der Waals surface area contributed by atoms with Crippen LogP contribution in [0.1, 0.15) is 48.7 Å². The number of carbonyl (C=O) groups excluding carboxylic acids is 1. The van der Waals surface area contributed by atoms with Crippen molar-refractivity contribution in [2.45, 2.75) is 39.7 Å². The van der Waals surface area contributed by atoms with Crippen LogP contribution in [0.4, 0.5) is 10.1 Å². The third-order valence-corrected chi connectivity index (χ3v) is 4.97. The minimum absolute atomic E-state index is 0.0219. The normalized spacial score (nSPS) is 11.9. The van der Waals surface area contributed by atoms with E-state index in [1.54, 1.807) is 12.3 Å². The van der Waals surface area contributed by atoms with Gasteiger partial charge in [0.15, 0.2) is 0 Å². The van der Waals surface area contributed by atoms with E-state index in [1.165, 1.54) is 12.1 Å². The van der Waals surface area contributed by atoms with Gasteiger partial charge in [-0.1, -0.05) is 26.7 Å². The Morgan fingerprint density at radius 3 is 2.52 bits per heavy atom. The highest BCUT2D eigenvalue weighted by Crippen LogP contribution is 2.23. The van der Waals surface area contributed by atoms with Gasteiger partial charge in [0.25, 0.3) is 0 Å². The monoisotopic (exact) mass is 443 g/mol. The van der Waals surface area contributed by atoms with Crippen LogP contribution >= 0.6 is 0 Å². The van der Waals surface area contributed by atoms with Crippen LogP contribution in [0.3, 0.4) is 0 Å². The Morgan fingerprint density at radius 1 is 1.29 bits per heavy atom. The van der Waals surface area contributed by atoms with E-state index in [2.05, 4.69) is 41.7 Å². The van der Waals surface area contributed by atoms with Gasteiger partial charge in [-0.2, -0.15) is 0 Å². The van der Waals surface area contributed by atoms with E-state index in [9.17, 15) is 17.6 Å². The predicted molar refractivity (Wildman–Crippen MR) is 121 cm³/mol. The van der Waals surface area contributed by atoms with E-state index >= 15 is 0 Å². The molecule has 0 fully saturated rings. The summed E-state index contributed by atoms with van der Waals surface area (Å²) < 4.78 is 39.2. The molecule has 6 nitrogen and oxygen atoms in total. The number of hydrogen-bond donors (Lipinski definition) is 2. The molecule has 0 bridgehead atoms. The van der Waals surface area contributed by atoms with Crippen molar-refractivity contribution in [1.82, 2.24) is 10.3 Å². The summed E-state index contributed by atoms with van der Waals surface area (Å²) in [6.45, 7) is 8.21. The molecule has 0 unspecified atom stereocenters. The number of amides is 1. The Labute approximate surface area is 183 Å². The summed E-state index contributed by atoms with van der Waals surface area (Å²) in [5.74, 6) is 1.06. The van der Waals surface area contributed by atoms with Crippen molar-refractivity contribution in [3.8, 4) is 12.3 Å². The van der Waals surface area contributed by atoms with Gasteiger partial charge < -0.3 is 5.32 Å². The first-order valence-corrected chi connectivity index (χ1v) is 11.4. The lowest BCUT2D eigenvalue weighted by atomic mass is 9.90. The van der Waals surface area contributed by atoms with Gasteiger partial charge in [-0.25, -0.2) is 12.8 Å². The number of aromatic nitrogens is 1. The molecule has 1 amide bonds. The largest absolute Gasteiger partial charge is 0.348 e. The summed E-state index contributed by atoms with van der Waals surface area (Å²) in [6, 6.07) is 4.56. The first-order chi connectivity index (χ1) is 14.3. The maximum absolute atomic E-state index is 14.3. The lowest BCUT2D eigenvalue weighted by Crippen LogP contribution is -2.21. The van der Waals surface area contributed by atoms with Crippen molar-refractivity contribution in [2.75, 3.05) is 11.0 Å². The number of carbonyl (C=O) groups is 1. The molecule has 0 aliphatic heterocycles. The van der Waals surface area contributed by atoms with Gasteiger partial charge >= 0.3 is 0 Å². The second-order valence-electron chi connectivity index (χ2n) is 8.25. The first-order valence-electron chi connectivity index (χ1n) is 9.50. The molecule has 2 rings (SSSR count). The van der Waals surface area contributed by atoms with Gasteiger partial charge in [0, 0.05) is 29.9 Å². The lowest BCUT2D eigenvalue weighted by molar-refractivity contribution is -0.116. The Morgan fingerprint density at radius 2 is 1.97 bits per heavy atom. The standard InChI is InChI=1S/C23H26FN3O3S/c1-7-17-11-16(12-19(24)22(17)27-31(6,29)30)13-26-21(28)9-8-18-14-25-20(10-15(18)2)23(3,4)5/h1,8-12,14,27H,13H2,2-6H3,(H,26,28)/b9-8+. The Kier molecular flexibility index (Phi) is 7.24. The molecule has 0 aliphatic rings. The molecular weight excluding hydrogens is 417 g/mol. The molecule has 0 atom stereocenters. The highest BCUT2D eigenvalue weighted by Gasteiger charge is 2.16. The number of pyridine rings is 1. The molecule has 0 saturated carbocycles. The molecule has 164 valence electrons. The van der Waals surface area contributed by atoms with Crippen LogP contribution in [0, 0.1) is 25.1 Å². The van der Waals surface area contributed by atoms with Gasteiger partial charge in [-0.3, -0.25) is 14.5 Å². The highest BCUT2D eigenvalue weighted by molar-refractivity contribution is 7.92. The number of benzene rings is 1. The second-order valence-corrected chi connectivity index (χ2v) is 9.99. The molecule has 0 saturated heterocycles. The Hall–Kier alpha value is -3.18. The molecule has 31 heavy (non-hydrogen) atoms. The van der Waals surface area contributed by atoms with Crippen molar-refractivity contribution in [3.63, 3.8) is 0 Å². The van der Waals surface area contributed by atoms with E-state index in [0.717, 1.165) is 29.1 Å². The second kappa shape index (κ2) is 9.31. The number of rotatable bonds is 6. The molecule has 0 aliphatic carbocycles. The van der Waals surface area contributed by atoms with Crippen molar-refractivity contribution in [3.05, 3.63) is 64.2 Å². The molecular formula is C23H26FN3O3S. The van der Waals surface area contributed by atoms with E-state index < -0.39 is 15.8 Å². The number of nitrogens with zero attached hydrogens (tertiary/aromatic N) is 1. The van der Waals surface area contributed by atoms with Crippen molar-refractivity contribution in [2.24, 2.45) is 0 Å². The van der Waals surface area contributed by atoms with Crippen LogP contribution in [-0.4, -0.2) is 25.6 Å². The van der Waals surface area contributed by atoms with E-state index in [0.29, 0.717) is 5.56 Å². The minimum atomic E-state index is -3.69. The molecule has 1 aromatic heterocycles. The van der Waals surface area contributed by atoms with Crippen LogP contribution in [0.2, 0.25) is 0 Å². The molecule has 1 heterocycles. The van der Waals surface area contributed by atoms with Gasteiger partial charge in [-0.05, 0) is 47.9 Å². The quantitative estimate of drug-likeness (QED) is 0.528. The lowest BCUT2D eigenvalue weighted by Gasteiger charge is -2.18. The summed E-state index contributed by atoms with van der Waals surface area (Å²) in [4.78, 5) is 16.6. The van der Waals surface area contributed by atoms with Crippen LogP contribution in [0.25, 0.3) is 6.08 Å². The average molecular weight is 444 g/mol. The van der Waals surface area contributed by atoms with Gasteiger partial charge in [0.1, 0.15) is 5.82 Å². The number of sulfonamides is 1. The molecule has 1 aromatic carbocycles. The number of anilines is 1. The van der Waals surface area contributed by atoms with Gasteiger partial charge in [-0.15, -0.1) is 6.42 Å². The van der Waals surface area contributed by atoms with E-state index in [-0.39, 0.29) is 29.1 Å². The van der Waals surface area contributed by atoms with E-state index in [4.69, 9.17) is 6.42 Å². The molecule has 0 spiro atoms. The average Bonchev–Trinajstić information content (AvgIpc) is 2.65.